The molecule has 0 spiro atoms. The van der Waals surface area contributed by atoms with E-state index in [0.717, 1.165) is 5.75 Å². The molecule has 28 heavy (non-hydrogen) atoms. The minimum atomic E-state index is -0.451. The average Bonchev–Trinajstić information content (AvgIpc) is 3.16. The number of amides is 2. The fourth-order valence-electron chi connectivity index (χ4n) is 2.15. The van der Waals surface area contributed by atoms with Crippen LogP contribution in [0.3, 0.4) is 0 Å². The van der Waals surface area contributed by atoms with Crippen molar-refractivity contribution in [3.63, 3.8) is 0 Å². The monoisotopic (exact) mass is 422 g/mol. The second kappa shape index (κ2) is 9.29. The predicted molar refractivity (Wildman–Crippen MR) is 104 cm³/mol. The number of methoxy groups -OCH3 is 1. The quantitative estimate of drug-likeness (QED) is 0.589. The normalized spacial score (nSPS) is 10.4. The van der Waals surface area contributed by atoms with Crippen molar-refractivity contribution in [2.75, 3.05) is 12.4 Å². The molecule has 0 saturated heterocycles. The van der Waals surface area contributed by atoms with Crippen LogP contribution in [0.5, 0.6) is 11.5 Å². The molecule has 10 heteroatoms. The molecule has 0 aliphatic heterocycles. The highest BCUT2D eigenvalue weighted by Gasteiger charge is 2.10. The first-order valence-corrected chi connectivity index (χ1v) is 8.87. The standard InChI is InChI=1S/C18H16Cl2N4O4/c1-26-12-3-5-13(6-4-12)27-10-16-23-17(28-24-16)9-21-18(25)22-11-2-7-14(19)15(20)8-11/h2-8H,9-10H2,1H3,(H2,21,22,25). The summed E-state index contributed by atoms with van der Waals surface area (Å²) in [4.78, 5) is 16.1. The van der Waals surface area contributed by atoms with Gasteiger partial charge in [0.15, 0.2) is 6.61 Å². The smallest absolute Gasteiger partial charge is 0.319 e. The van der Waals surface area contributed by atoms with Crippen LogP contribution in [0.1, 0.15) is 11.7 Å². The van der Waals surface area contributed by atoms with Crippen LogP contribution in [0.2, 0.25) is 10.0 Å². The zero-order valence-electron chi connectivity index (χ0n) is 14.7. The van der Waals surface area contributed by atoms with Gasteiger partial charge >= 0.3 is 6.03 Å². The second-order valence-corrected chi connectivity index (χ2v) is 6.32. The second-order valence-electron chi connectivity index (χ2n) is 5.51. The summed E-state index contributed by atoms with van der Waals surface area (Å²) in [6, 6.07) is 11.4. The maximum Gasteiger partial charge on any atom is 0.319 e. The Bertz CT molecular complexity index is 947. The molecule has 2 amide bonds. The summed E-state index contributed by atoms with van der Waals surface area (Å²) < 4.78 is 15.7. The van der Waals surface area contributed by atoms with E-state index in [2.05, 4.69) is 20.8 Å². The third-order valence-corrected chi connectivity index (χ3v) is 4.25. The van der Waals surface area contributed by atoms with Crippen LogP contribution in [-0.2, 0) is 13.2 Å². The first-order valence-electron chi connectivity index (χ1n) is 8.11. The number of ether oxygens (including phenoxy) is 2. The molecule has 3 rings (SSSR count). The van der Waals surface area contributed by atoms with Gasteiger partial charge in [-0.2, -0.15) is 4.98 Å². The largest absolute Gasteiger partial charge is 0.497 e. The maximum absolute atomic E-state index is 11.9. The van der Waals surface area contributed by atoms with Crippen LogP contribution in [0.4, 0.5) is 10.5 Å². The fraction of sp³-hybridized carbons (Fsp3) is 0.167. The molecule has 2 aromatic carbocycles. The van der Waals surface area contributed by atoms with E-state index in [-0.39, 0.29) is 19.0 Å². The van der Waals surface area contributed by atoms with Crippen molar-refractivity contribution in [1.29, 1.82) is 0 Å². The molecule has 3 aromatic rings. The van der Waals surface area contributed by atoms with Crippen molar-refractivity contribution < 1.29 is 18.8 Å². The summed E-state index contributed by atoms with van der Waals surface area (Å²) in [6.45, 7) is 0.188. The SMILES string of the molecule is COc1ccc(OCc2noc(CNC(=O)Nc3ccc(Cl)c(Cl)c3)n2)cc1. The van der Waals surface area contributed by atoms with E-state index >= 15 is 0 Å². The molecular weight excluding hydrogens is 407 g/mol. The van der Waals surface area contributed by atoms with Gasteiger partial charge in [-0.05, 0) is 42.5 Å². The zero-order chi connectivity index (χ0) is 19.9. The van der Waals surface area contributed by atoms with Crippen molar-refractivity contribution >= 4 is 34.9 Å². The van der Waals surface area contributed by atoms with E-state index in [4.69, 9.17) is 37.2 Å². The number of urea groups is 1. The molecule has 8 nitrogen and oxygen atoms in total. The van der Waals surface area contributed by atoms with Gasteiger partial charge in [-0.3, -0.25) is 0 Å². The summed E-state index contributed by atoms with van der Waals surface area (Å²) in [5.41, 5.74) is 0.506. The third kappa shape index (κ3) is 5.51. The molecule has 1 aromatic heterocycles. The number of anilines is 1. The van der Waals surface area contributed by atoms with Crippen molar-refractivity contribution in [3.05, 3.63) is 64.2 Å². The fourth-order valence-corrected chi connectivity index (χ4v) is 2.44. The molecule has 0 saturated carbocycles. The first-order chi connectivity index (χ1) is 13.5. The molecule has 2 N–H and O–H groups in total. The highest BCUT2D eigenvalue weighted by molar-refractivity contribution is 6.42. The summed E-state index contributed by atoms with van der Waals surface area (Å²) in [5, 5.41) is 9.79. The Hall–Kier alpha value is -2.97. The summed E-state index contributed by atoms with van der Waals surface area (Å²) >= 11 is 11.7. The average molecular weight is 423 g/mol. The van der Waals surface area contributed by atoms with Gasteiger partial charge in [-0.15, -0.1) is 0 Å². The van der Waals surface area contributed by atoms with Crippen LogP contribution < -0.4 is 20.1 Å². The van der Waals surface area contributed by atoms with E-state index in [1.807, 2.05) is 0 Å². The number of aromatic nitrogens is 2. The van der Waals surface area contributed by atoms with E-state index < -0.39 is 6.03 Å². The van der Waals surface area contributed by atoms with Crippen LogP contribution in [0, 0.1) is 0 Å². The summed E-state index contributed by atoms with van der Waals surface area (Å²) in [7, 11) is 1.59. The Labute approximate surface area is 170 Å². The van der Waals surface area contributed by atoms with Crippen LogP contribution in [-0.4, -0.2) is 23.3 Å². The maximum atomic E-state index is 11.9. The number of nitrogens with zero attached hydrogens (tertiary/aromatic N) is 2. The lowest BCUT2D eigenvalue weighted by molar-refractivity contribution is 0.249. The molecule has 0 atom stereocenters. The van der Waals surface area contributed by atoms with Gasteiger partial charge in [-0.1, -0.05) is 28.4 Å². The van der Waals surface area contributed by atoms with Crippen molar-refractivity contribution in [3.8, 4) is 11.5 Å². The number of rotatable bonds is 7. The number of halogens is 2. The number of nitrogens with one attached hydrogen (secondary N) is 2. The predicted octanol–water partition coefficient (Wildman–Crippen LogP) is 4.29. The van der Waals surface area contributed by atoms with Gasteiger partial charge in [-0.25, -0.2) is 4.79 Å². The lowest BCUT2D eigenvalue weighted by Gasteiger charge is -2.06. The van der Waals surface area contributed by atoms with Gasteiger partial charge in [0.25, 0.3) is 0 Å². The van der Waals surface area contributed by atoms with Crippen molar-refractivity contribution in [1.82, 2.24) is 15.5 Å². The molecule has 1 heterocycles. The molecule has 0 bridgehead atoms. The van der Waals surface area contributed by atoms with Gasteiger partial charge in [0, 0.05) is 5.69 Å². The van der Waals surface area contributed by atoms with Gasteiger partial charge in [0.2, 0.25) is 11.7 Å². The Morgan fingerprint density at radius 3 is 2.57 bits per heavy atom. The topological polar surface area (TPSA) is 98.5 Å². The van der Waals surface area contributed by atoms with E-state index in [1.165, 1.54) is 0 Å². The Balaban J connectivity index is 1.45. The summed E-state index contributed by atoms with van der Waals surface area (Å²) in [6.07, 6.45) is 0. The van der Waals surface area contributed by atoms with Crippen molar-refractivity contribution in [2.45, 2.75) is 13.2 Å². The molecule has 0 radical (unpaired) electrons. The number of carbonyl (C=O) groups is 1. The Morgan fingerprint density at radius 1 is 1.11 bits per heavy atom. The van der Waals surface area contributed by atoms with Gasteiger partial charge in [0.05, 0.1) is 23.7 Å². The van der Waals surface area contributed by atoms with E-state index in [0.29, 0.717) is 27.3 Å². The lowest BCUT2D eigenvalue weighted by Crippen LogP contribution is -2.28. The molecule has 0 aliphatic rings. The molecule has 0 fully saturated rings. The van der Waals surface area contributed by atoms with Crippen LogP contribution >= 0.6 is 23.2 Å². The minimum Gasteiger partial charge on any atom is -0.497 e. The number of carbonyl (C=O) groups excluding carboxylic acids is 1. The zero-order valence-corrected chi connectivity index (χ0v) is 16.3. The third-order valence-electron chi connectivity index (χ3n) is 3.52. The Morgan fingerprint density at radius 2 is 1.86 bits per heavy atom. The first kappa shape index (κ1) is 19.8. The van der Waals surface area contributed by atoms with Crippen LogP contribution in [0.25, 0.3) is 0 Å². The van der Waals surface area contributed by atoms with Gasteiger partial charge < -0.3 is 24.6 Å². The van der Waals surface area contributed by atoms with Crippen LogP contribution in [0.15, 0.2) is 47.0 Å². The Kier molecular flexibility index (Phi) is 6.57. The number of hydrogen-bond donors (Lipinski definition) is 2. The molecular formula is C18H16Cl2N4O4. The molecule has 0 aliphatic carbocycles. The van der Waals surface area contributed by atoms with E-state index in [1.54, 1.807) is 49.6 Å². The molecule has 146 valence electrons. The highest BCUT2D eigenvalue weighted by atomic mass is 35.5. The molecule has 0 unspecified atom stereocenters. The van der Waals surface area contributed by atoms with E-state index in [9.17, 15) is 4.79 Å². The number of hydrogen-bond acceptors (Lipinski definition) is 6. The highest BCUT2D eigenvalue weighted by Crippen LogP contribution is 2.24. The summed E-state index contributed by atoms with van der Waals surface area (Å²) in [5.74, 6) is 1.99. The minimum absolute atomic E-state index is 0.0582. The van der Waals surface area contributed by atoms with Crippen molar-refractivity contribution in [2.24, 2.45) is 0 Å². The van der Waals surface area contributed by atoms with Gasteiger partial charge in [0.1, 0.15) is 11.5 Å². The lowest BCUT2D eigenvalue weighted by atomic mass is 10.3. The number of benzene rings is 2.